The average Bonchev–Trinajstić information content (AvgIpc) is 2.74. The number of carbonyl (C=O) groups is 1. The number of hydrogen-bond acceptors (Lipinski definition) is 8. The molecule has 0 bridgehead atoms. The third-order valence-corrected chi connectivity index (χ3v) is 5.63. The lowest BCUT2D eigenvalue weighted by molar-refractivity contribution is -0.144. The maximum absolute atomic E-state index is 12.9. The highest BCUT2D eigenvalue weighted by Crippen LogP contribution is 2.37. The summed E-state index contributed by atoms with van der Waals surface area (Å²) in [4.78, 5) is 13.8. The lowest BCUT2D eigenvalue weighted by Gasteiger charge is -2.33. The van der Waals surface area contributed by atoms with Crippen LogP contribution in [0.2, 0.25) is 0 Å². The number of hydrogen-bond donors (Lipinski definition) is 3. The van der Waals surface area contributed by atoms with Gasteiger partial charge in [0.15, 0.2) is 5.82 Å². The van der Waals surface area contributed by atoms with Gasteiger partial charge in [0, 0.05) is 30.3 Å². The first-order chi connectivity index (χ1) is 15.6. The fourth-order valence-electron chi connectivity index (χ4n) is 3.99. The van der Waals surface area contributed by atoms with Crippen molar-refractivity contribution in [3.63, 3.8) is 0 Å². The highest BCUT2D eigenvalue weighted by atomic mass is 19.4. The number of ether oxygens (including phenoxy) is 1. The fraction of sp³-hybridized carbons (Fsp3) is 0.500. The molecule has 0 spiro atoms. The van der Waals surface area contributed by atoms with E-state index in [0.29, 0.717) is 36.2 Å². The number of rotatable bonds is 7. The number of nitrogens with zero attached hydrogens (tertiary/aromatic N) is 3. The molecular weight excluding hydrogens is 439 g/mol. The van der Waals surface area contributed by atoms with E-state index in [2.05, 4.69) is 15.5 Å². The molecule has 0 amide bonds. The van der Waals surface area contributed by atoms with Crippen LogP contribution < -0.4 is 11.1 Å². The van der Waals surface area contributed by atoms with Crippen LogP contribution in [-0.2, 0) is 22.3 Å². The topological polar surface area (TPSA) is 114 Å². The van der Waals surface area contributed by atoms with Crippen LogP contribution in [0.3, 0.4) is 0 Å². The summed E-state index contributed by atoms with van der Waals surface area (Å²) in [6, 6.07) is 2.75. The first-order valence-corrected chi connectivity index (χ1v) is 10.7. The standard InChI is InChI=1S/C22H28F3N5O3/c1-3-33-19(32)12-30-8-4-5-15(11-30)27-21-17(10-26)13(2)20(28-29-21)16-7-6-14(9-18(16)31)22(23,24)25/h6-7,9,15,31H,3-5,8,10-12,26H2,1-2H3,(H,27,29)/t15-/m1/s1. The van der Waals surface area contributed by atoms with E-state index in [0.717, 1.165) is 25.5 Å². The molecule has 33 heavy (non-hydrogen) atoms. The molecule has 1 atom stereocenters. The Kier molecular flexibility index (Phi) is 7.75. The van der Waals surface area contributed by atoms with Gasteiger partial charge in [0.2, 0.25) is 0 Å². The molecule has 2 heterocycles. The minimum atomic E-state index is -4.56. The quantitative estimate of drug-likeness (QED) is 0.533. The number of halogens is 3. The van der Waals surface area contributed by atoms with Crippen molar-refractivity contribution < 1.29 is 27.8 Å². The second-order valence-electron chi connectivity index (χ2n) is 7.96. The summed E-state index contributed by atoms with van der Waals surface area (Å²) in [6.45, 7) is 5.58. The molecule has 8 nitrogen and oxygen atoms in total. The van der Waals surface area contributed by atoms with Crippen LogP contribution in [0.15, 0.2) is 18.2 Å². The predicted octanol–water partition coefficient (Wildman–Crippen LogP) is 3.07. The van der Waals surface area contributed by atoms with E-state index < -0.39 is 17.5 Å². The summed E-state index contributed by atoms with van der Waals surface area (Å²) in [6.07, 6.45) is -2.81. The average molecular weight is 467 g/mol. The number of aromatic nitrogens is 2. The highest BCUT2D eigenvalue weighted by molar-refractivity contribution is 5.73. The number of nitrogens with one attached hydrogen (secondary N) is 1. The molecular formula is C22H28F3N5O3. The van der Waals surface area contributed by atoms with Gasteiger partial charge in [0.1, 0.15) is 11.4 Å². The SMILES string of the molecule is CCOC(=O)CN1CCC[C@@H](Nc2nnc(-c3ccc(C(F)(F)F)cc3O)c(C)c2CN)C1. The van der Waals surface area contributed by atoms with E-state index in [9.17, 15) is 23.1 Å². The smallest absolute Gasteiger partial charge is 0.416 e. The highest BCUT2D eigenvalue weighted by Gasteiger charge is 2.31. The van der Waals surface area contributed by atoms with E-state index in [-0.39, 0.29) is 36.4 Å². The maximum Gasteiger partial charge on any atom is 0.416 e. The van der Waals surface area contributed by atoms with E-state index in [4.69, 9.17) is 10.5 Å². The summed E-state index contributed by atoms with van der Waals surface area (Å²) in [5.74, 6) is -0.321. The van der Waals surface area contributed by atoms with Crippen LogP contribution >= 0.6 is 0 Å². The molecule has 3 rings (SSSR count). The molecule has 0 radical (unpaired) electrons. The van der Waals surface area contributed by atoms with Gasteiger partial charge in [0.25, 0.3) is 0 Å². The minimum absolute atomic E-state index is 0.0116. The molecule has 1 aliphatic rings. The number of phenolic OH excluding ortho intramolecular Hbond substituents is 1. The molecule has 1 aromatic carbocycles. The zero-order valence-corrected chi connectivity index (χ0v) is 18.6. The maximum atomic E-state index is 12.9. The third kappa shape index (κ3) is 5.91. The molecule has 180 valence electrons. The van der Waals surface area contributed by atoms with Crippen molar-refractivity contribution in [2.75, 3.05) is 31.6 Å². The van der Waals surface area contributed by atoms with Crippen molar-refractivity contribution in [2.45, 2.75) is 45.5 Å². The molecule has 11 heteroatoms. The van der Waals surface area contributed by atoms with Gasteiger partial charge >= 0.3 is 12.1 Å². The number of anilines is 1. The largest absolute Gasteiger partial charge is 0.507 e. The summed E-state index contributed by atoms with van der Waals surface area (Å²) in [5, 5.41) is 21.9. The number of likely N-dealkylation sites (tertiary alicyclic amines) is 1. The van der Waals surface area contributed by atoms with Gasteiger partial charge in [-0.1, -0.05) is 0 Å². The number of alkyl halides is 3. The predicted molar refractivity (Wildman–Crippen MR) is 116 cm³/mol. The summed E-state index contributed by atoms with van der Waals surface area (Å²) < 4.78 is 43.8. The molecule has 1 saturated heterocycles. The van der Waals surface area contributed by atoms with E-state index in [1.165, 1.54) is 6.07 Å². The molecule has 1 fully saturated rings. The van der Waals surface area contributed by atoms with Crippen LogP contribution in [0.1, 0.15) is 36.5 Å². The van der Waals surface area contributed by atoms with E-state index >= 15 is 0 Å². The fourth-order valence-corrected chi connectivity index (χ4v) is 3.99. The Morgan fingerprint density at radius 2 is 2.12 bits per heavy atom. The minimum Gasteiger partial charge on any atom is -0.507 e. The molecule has 2 aromatic rings. The van der Waals surface area contributed by atoms with Gasteiger partial charge < -0.3 is 20.9 Å². The Hall–Kier alpha value is -2.92. The number of benzene rings is 1. The lowest BCUT2D eigenvalue weighted by Crippen LogP contribution is -2.44. The van der Waals surface area contributed by atoms with Crippen LogP contribution in [0.25, 0.3) is 11.3 Å². The van der Waals surface area contributed by atoms with Crippen LogP contribution in [0, 0.1) is 6.92 Å². The number of nitrogens with two attached hydrogens (primary N) is 1. The monoisotopic (exact) mass is 467 g/mol. The molecule has 4 N–H and O–H groups in total. The van der Waals surface area contributed by atoms with Gasteiger partial charge in [-0.05, 0) is 57.0 Å². The molecule has 1 aromatic heterocycles. The van der Waals surface area contributed by atoms with Gasteiger partial charge in [0.05, 0.1) is 18.7 Å². The molecule has 1 aliphatic heterocycles. The van der Waals surface area contributed by atoms with E-state index in [1.54, 1.807) is 13.8 Å². The van der Waals surface area contributed by atoms with Gasteiger partial charge in [-0.2, -0.15) is 13.2 Å². The zero-order valence-electron chi connectivity index (χ0n) is 18.6. The van der Waals surface area contributed by atoms with Crippen LogP contribution in [-0.4, -0.2) is 58.5 Å². The Bertz CT molecular complexity index is 1000. The number of phenols is 1. The molecule has 0 unspecified atom stereocenters. The van der Waals surface area contributed by atoms with Crippen molar-refractivity contribution >= 4 is 11.8 Å². The summed E-state index contributed by atoms with van der Waals surface area (Å²) in [5.41, 5.74) is 6.69. The second kappa shape index (κ2) is 10.3. The lowest BCUT2D eigenvalue weighted by atomic mass is 10.00. The van der Waals surface area contributed by atoms with Gasteiger partial charge in [-0.3, -0.25) is 9.69 Å². The second-order valence-corrected chi connectivity index (χ2v) is 7.96. The van der Waals surface area contributed by atoms with Crippen molar-refractivity contribution in [1.82, 2.24) is 15.1 Å². The molecule has 0 aliphatic carbocycles. The van der Waals surface area contributed by atoms with Crippen molar-refractivity contribution in [2.24, 2.45) is 5.73 Å². The Morgan fingerprint density at radius 1 is 1.36 bits per heavy atom. The van der Waals surface area contributed by atoms with Crippen LogP contribution in [0.4, 0.5) is 19.0 Å². The summed E-state index contributed by atoms with van der Waals surface area (Å²) >= 11 is 0. The zero-order chi connectivity index (χ0) is 24.2. The normalized spacial score (nSPS) is 17.1. The number of piperidine rings is 1. The third-order valence-electron chi connectivity index (χ3n) is 5.63. The first-order valence-electron chi connectivity index (χ1n) is 10.7. The van der Waals surface area contributed by atoms with Crippen molar-refractivity contribution in [3.05, 3.63) is 34.9 Å². The molecule has 0 saturated carbocycles. The Morgan fingerprint density at radius 3 is 2.76 bits per heavy atom. The first kappa shape index (κ1) is 24.7. The van der Waals surface area contributed by atoms with Crippen LogP contribution in [0.5, 0.6) is 5.75 Å². The number of aromatic hydroxyl groups is 1. The number of esters is 1. The Balaban J connectivity index is 1.81. The Labute approximate surface area is 189 Å². The van der Waals surface area contributed by atoms with E-state index in [1.807, 2.05) is 4.90 Å². The number of carbonyl (C=O) groups excluding carboxylic acids is 1. The summed E-state index contributed by atoms with van der Waals surface area (Å²) in [7, 11) is 0. The van der Waals surface area contributed by atoms with Crippen molar-refractivity contribution in [3.8, 4) is 17.0 Å². The van der Waals surface area contributed by atoms with Crippen molar-refractivity contribution in [1.29, 1.82) is 0 Å². The van der Waals surface area contributed by atoms with Gasteiger partial charge in [-0.25, -0.2) is 0 Å². The van der Waals surface area contributed by atoms with Gasteiger partial charge in [-0.15, -0.1) is 10.2 Å².